The molecule has 0 saturated carbocycles. The summed E-state index contributed by atoms with van der Waals surface area (Å²) in [6.07, 6.45) is 0.925. The van der Waals surface area contributed by atoms with E-state index < -0.39 is 34.0 Å². The van der Waals surface area contributed by atoms with E-state index in [9.17, 15) is 18.0 Å². The summed E-state index contributed by atoms with van der Waals surface area (Å²) < 4.78 is 22.1. The average Bonchev–Trinajstić information content (AvgIpc) is 2.24. The van der Waals surface area contributed by atoms with Crippen LogP contribution in [-0.2, 0) is 19.4 Å². The number of para-hydroxylation sites is 1. The number of anilines is 1. The molecular weight excluding hydrogens is 258 g/mol. The fourth-order valence-corrected chi connectivity index (χ4v) is 1.97. The van der Waals surface area contributed by atoms with Gasteiger partial charge in [-0.1, -0.05) is 18.2 Å². The minimum absolute atomic E-state index is 0.355. The van der Waals surface area contributed by atoms with Crippen LogP contribution in [0.25, 0.3) is 0 Å². The highest BCUT2D eigenvalue weighted by molar-refractivity contribution is 7.91. The first-order chi connectivity index (χ1) is 8.29. The number of rotatable bonds is 5. The molecule has 6 nitrogen and oxygen atoms in total. The smallest absolute Gasteiger partial charge is 0.323 e. The van der Waals surface area contributed by atoms with E-state index in [1.165, 1.54) is 0 Å². The predicted molar refractivity (Wildman–Crippen MR) is 66.1 cm³/mol. The fraction of sp³-hybridized carbons (Fsp3) is 0.273. The Morgan fingerprint density at radius 2 is 1.78 bits per heavy atom. The summed E-state index contributed by atoms with van der Waals surface area (Å²) in [5.74, 6) is -2.68. The van der Waals surface area contributed by atoms with Crippen LogP contribution in [0.4, 0.5) is 5.69 Å². The first kappa shape index (κ1) is 14.2. The number of sulfone groups is 1. The highest BCUT2D eigenvalue weighted by Crippen LogP contribution is 2.13. The molecule has 0 heterocycles. The third-order valence-electron chi connectivity index (χ3n) is 2.05. The van der Waals surface area contributed by atoms with Crippen LogP contribution >= 0.6 is 0 Å². The number of carboxylic acids is 1. The number of carboxylic acid groups (broad SMARTS) is 1. The lowest BCUT2D eigenvalue weighted by atomic mass is 10.3. The lowest BCUT2D eigenvalue weighted by molar-refractivity contribution is -0.136. The Kier molecular flexibility index (Phi) is 4.43. The Morgan fingerprint density at radius 1 is 1.22 bits per heavy atom. The Hall–Kier alpha value is -1.89. The zero-order valence-corrected chi connectivity index (χ0v) is 10.6. The topological polar surface area (TPSA) is 91.8 Å². The van der Waals surface area contributed by atoms with E-state index in [1.54, 1.807) is 30.3 Å². The van der Waals surface area contributed by atoms with Gasteiger partial charge in [0.25, 0.3) is 0 Å². The molecule has 18 heavy (non-hydrogen) atoms. The van der Waals surface area contributed by atoms with Crippen molar-refractivity contribution in [2.75, 3.05) is 23.5 Å². The second-order valence-corrected chi connectivity index (χ2v) is 5.92. The van der Waals surface area contributed by atoms with Gasteiger partial charge in [0.05, 0.1) is 0 Å². The normalized spacial score (nSPS) is 10.9. The van der Waals surface area contributed by atoms with E-state index in [0.717, 1.165) is 11.2 Å². The molecule has 0 fully saturated rings. The van der Waals surface area contributed by atoms with Crippen molar-refractivity contribution in [2.24, 2.45) is 0 Å². The Morgan fingerprint density at radius 3 is 2.22 bits per heavy atom. The fourth-order valence-electron chi connectivity index (χ4n) is 1.37. The Balaban J connectivity index is 2.99. The van der Waals surface area contributed by atoms with Crippen LogP contribution < -0.4 is 4.90 Å². The van der Waals surface area contributed by atoms with Gasteiger partial charge in [-0.05, 0) is 12.1 Å². The molecule has 1 amide bonds. The number of hydrogen-bond donors (Lipinski definition) is 1. The number of benzene rings is 1. The maximum atomic E-state index is 11.8. The summed E-state index contributed by atoms with van der Waals surface area (Å²) in [5, 5.41) is 8.75. The van der Waals surface area contributed by atoms with Gasteiger partial charge < -0.3 is 10.0 Å². The first-order valence-corrected chi connectivity index (χ1v) is 7.10. The summed E-state index contributed by atoms with van der Waals surface area (Å²) >= 11 is 0. The van der Waals surface area contributed by atoms with Gasteiger partial charge in [0, 0.05) is 11.9 Å². The molecule has 98 valence electrons. The molecule has 0 radical (unpaired) electrons. The summed E-state index contributed by atoms with van der Waals surface area (Å²) in [4.78, 5) is 23.4. The summed E-state index contributed by atoms with van der Waals surface area (Å²) in [5.41, 5.74) is 0.355. The molecule has 0 aliphatic rings. The van der Waals surface area contributed by atoms with Crippen LogP contribution in [0.2, 0.25) is 0 Å². The zero-order valence-electron chi connectivity index (χ0n) is 9.74. The quantitative estimate of drug-likeness (QED) is 0.823. The molecule has 1 aromatic carbocycles. The van der Waals surface area contributed by atoms with Crippen molar-refractivity contribution in [3.05, 3.63) is 30.3 Å². The summed E-state index contributed by atoms with van der Waals surface area (Å²) in [7, 11) is -3.50. The Bertz CT molecular complexity index is 538. The van der Waals surface area contributed by atoms with E-state index in [0.29, 0.717) is 5.69 Å². The van der Waals surface area contributed by atoms with E-state index >= 15 is 0 Å². The van der Waals surface area contributed by atoms with Crippen LogP contribution in [-0.4, -0.2) is 44.0 Å². The molecule has 0 saturated heterocycles. The van der Waals surface area contributed by atoms with Gasteiger partial charge in [0.1, 0.15) is 12.3 Å². The second-order valence-electron chi connectivity index (χ2n) is 3.78. The minimum Gasteiger partial charge on any atom is -0.480 e. The van der Waals surface area contributed by atoms with Crippen LogP contribution in [0.1, 0.15) is 0 Å². The molecule has 7 heteroatoms. The number of carbonyl (C=O) groups is 2. The standard InChI is InChI=1S/C11H13NO5S/c1-18(16,17)8-10(13)12(7-11(14)15)9-5-3-2-4-6-9/h2-6H,7-8H2,1H3,(H,14,15). The van der Waals surface area contributed by atoms with Crippen LogP contribution in [0.15, 0.2) is 30.3 Å². The van der Waals surface area contributed by atoms with Gasteiger partial charge in [-0.2, -0.15) is 0 Å². The largest absolute Gasteiger partial charge is 0.480 e. The van der Waals surface area contributed by atoms with Crippen molar-refractivity contribution < 1.29 is 23.1 Å². The van der Waals surface area contributed by atoms with Gasteiger partial charge in [0.2, 0.25) is 5.91 Å². The highest BCUT2D eigenvalue weighted by Gasteiger charge is 2.22. The first-order valence-electron chi connectivity index (χ1n) is 5.04. The second kappa shape index (κ2) is 5.63. The van der Waals surface area contributed by atoms with Gasteiger partial charge in [-0.15, -0.1) is 0 Å². The third kappa shape index (κ3) is 4.54. The van der Waals surface area contributed by atoms with Crippen molar-refractivity contribution in [1.29, 1.82) is 0 Å². The van der Waals surface area contributed by atoms with Crippen molar-refractivity contribution in [2.45, 2.75) is 0 Å². The molecule has 1 rings (SSSR count). The monoisotopic (exact) mass is 271 g/mol. The molecule has 0 aromatic heterocycles. The van der Waals surface area contributed by atoms with Crippen molar-refractivity contribution in [1.82, 2.24) is 0 Å². The molecule has 0 bridgehead atoms. The van der Waals surface area contributed by atoms with Crippen LogP contribution in [0.3, 0.4) is 0 Å². The SMILES string of the molecule is CS(=O)(=O)CC(=O)N(CC(=O)O)c1ccccc1. The number of hydrogen-bond acceptors (Lipinski definition) is 4. The molecule has 0 spiro atoms. The molecular formula is C11H13NO5S. The van der Waals surface area contributed by atoms with Gasteiger partial charge in [-0.3, -0.25) is 9.59 Å². The van der Waals surface area contributed by atoms with Gasteiger partial charge in [0.15, 0.2) is 9.84 Å². The zero-order chi connectivity index (χ0) is 13.8. The number of nitrogens with zero attached hydrogens (tertiary/aromatic N) is 1. The lowest BCUT2D eigenvalue weighted by Gasteiger charge is -2.20. The lowest BCUT2D eigenvalue weighted by Crippen LogP contribution is -2.39. The molecule has 1 aromatic rings. The predicted octanol–water partition coefficient (Wildman–Crippen LogP) is 0.149. The van der Waals surface area contributed by atoms with Crippen molar-refractivity contribution >= 4 is 27.4 Å². The molecule has 0 atom stereocenters. The van der Waals surface area contributed by atoms with Gasteiger partial charge >= 0.3 is 5.97 Å². The van der Waals surface area contributed by atoms with Gasteiger partial charge in [-0.25, -0.2) is 8.42 Å². The Labute approximate surface area is 105 Å². The average molecular weight is 271 g/mol. The number of carbonyl (C=O) groups excluding carboxylic acids is 1. The number of amides is 1. The minimum atomic E-state index is -3.50. The summed E-state index contributed by atoms with van der Waals surface area (Å²) in [6, 6.07) is 8.07. The maximum Gasteiger partial charge on any atom is 0.323 e. The van der Waals surface area contributed by atoms with Crippen LogP contribution in [0, 0.1) is 0 Å². The van der Waals surface area contributed by atoms with E-state index in [1.807, 2.05) is 0 Å². The van der Waals surface area contributed by atoms with E-state index in [-0.39, 0.29) is 0 Å². The van der Waals surface area contributed by atoms with Crippen molar-refractivity contribution in [3.63, 3.8) is 0 Å². The highest BCUT2D eigenvalue weighted by atomic mass is 32.2. The van der Waals surface area contributed by atoms with Crippen molar-refractivity contribution in [3.8, 4) is 0 Å². The summed E-state index contributed by atoms with van der Waals surface area (Å²) in [6.45, 7) is -0.571. The van der Waals surface area contributed by atoms with E-state index in [4.69, 9.17) is 5.11 Å². The molecule has 1 N–H and O–H groups in total. The maximum absolute atomic E-state index is 11.8. The number of aliphatic carboxylic acids is 1. The molecule has 0 unspecified atom stereocenters. The third-order valence-corrected chi connectivity index (χ3v) is 2.82. The van der Waals surface area contributed by atoms with Crippen LogP contribution in [0.5, 0.6) is 0 Å². The van der Waals surface area contributed by atoms with E-state index in [2.05, 4.69) is 0 Å². The molecule has 0 aliphatic heterocycles. The molecule has 0 aliphatic carbocycles.